The van der Waals surface area contributed by atoms with Crippen LogP contribution in [0.1, 0.15) is 39.0 Å². The minimum atomic E-state index is -0.224. The highest BCUT2D eigenvalue weighted by Gasteiger charge is 2.24. The highest BCUT2D eigenvalue weighted by molar-refractivity contribution is 5.75. The first-order valence-electron chi connectivity index (χ1n) is 5.91. The molecule has 1 fully saturated rings. The average molecular weight is 213 g/mol. The maximum absolute atomic E-state index is 10.9. The lowest BCUT2D eigenvalue weighted by atomic mass is 9.90. The van der Waals surface area contributed by atoms with E-state index in [1.165, 1.54) is 0 Å². The van der Waals surface area contributed by atoms with Gasteiger partial charge in [0, 0.05) is 12.1 Å². The molecule has 0 bridgehead atoms. The Hall–Kier alpha value is -0.610. The standard InChI is InChI=1S/C11H23N3O/c1-2-7-14(8-11(13)15)10-5-3-9(12)4-6-10/h9-10H,2-8,12H2,1H3,(H2,13,15). The van der Waals surface area contributed by atoms with E-state index in [0.29, 0.717) is 18.6 Å². The lowest BCUT2D eigenvalue weighted by Crippen LogP contribution is -2.45. The van der Waals surface area contributed by atoms with E-state index in [1.54, 1.807) is 0 Å². The Morgan fingerprint density at radius 1 is 1.33 bits per heavy atom. The van der Waals surface area contributed by atoms with Gasteiger partial charge in [-0.05, 0) is 38.6 Å². The second-order valence-electron chi connectivity index (χ2n) is 4.51. The zero-order valence-electron chi connectivity index (χ0n) is 9.61. The highest BCUT2D eigenvalue weighted by Crippen LogP contribution is 2.21. The van der Waals surface area contributed by atoms with Gasteiger partial charge in [0.1, 0.15) is 0 Å². The number of carbonyl (C=O) groups excluding carboxylic acids is 1. The third kappa shape index (κ3) is 4.18. The fourth-order valence-corrected chi connectivity index (χ4v) is 2.34. The fourth-order valence-electron chi connectivity index (χ4n) is 2.34. The molecule has 1 amide bonds. The summed E-state index contributed by atoms with van der Waals surface area (Å²) in [6.45, 7) is 3.49. The summed E-state index contributed by atoms with van der Waals surface area (Å²) in [4.78, 5) is 13.2. The quantitative estimate of drug-likeness (QED) is 0.696. The Balaban J connectivity index is 2.44. The van der Waals surface area contributed by atoms with Gasteiger partial charge in [0.25, 0.3) is 0 Å². The molecule has 0 aromatic rings. The topological polar surface area (TPSA) is 72.3 Å². The number of hydrogen-bond acceptors (Lipinski definition) is 3. The molecular weight excluding hydrogens is 190 g/mol. The molecule has 0 aromatic heterocycles. The number of carbonyl (C=O) groups is 1. The lowest BCUT2D eigenvalue weighted by Gasteiger charge is -2.35. The van der Waals surface area contributed by atoms with Crippen molar-refractivity contribution in [2.75, 3.05) is 13.1 Å². The number of nitrogens with zero attached hydrogens (tertiary/aromatic N) is 1. The van der Waals surface area contributed by atoms with E-state index in [0.717, 1.165) is 38.6 Å². The van der Waals surface area contributed by atoms with Crippen LogP contribution in [0.2, 0.25) is 0 Å². The molecule has 1 aliphatic carbocycles. The zero-order chi connectivity index (χ0) is 11.3. The van der Waals surface area contributed by atoms with Crippen molar-refractivity contribution in [3.05, 3.63) is 0 Å². The summed E-state index contributed by atoms with van der Waals surface area (Å²) in [6, 6.07) is 0.871. The maximum Gasteiger partial charge on any atom is 0.231 e. The number of hydrogen-bond donors (Lipinski definition) is 2. The van der Waals surface area contributed by atoms with Crippen molar-refractivity contribution < 1.29 is 4.79 Å². The summed E-state index contributed by atoms with van der Waals surface area (Å²) < 4.78 is 0. The maximum atomic E-state index is 10.9. The van der Waals surface area contributed by atoms with E-state index < -0.39 is 0 Å². The minimum absolute atomic E-state index is 0.224. The average Bonchev–Trinajstić information content (AvgIpc) is 2.17. The van der Waals surface area contributed by atoms with Crippen molar-refractivity contribution in [1.29, 1.82) is 0 Å². The van der Waals surface area contributed by atoms with Crippen molar-refractivity contribution in [2.24, 2.45) is 11.5 Å². The van der Waals surface area contributed by atoms with Crippen LogP contribution in [-0.2, 0) is 4.79 Å². The van der Waals surface area contributed by atoms with E-state index in [2.05, 4.69) is 11.8 Å². The van der Waals surface area contributed by atoms with Crippen LogP contribution in [0.3, 0.4) is 0 Å². The number of rotatable bonds is 5. The molecular formula is C11H23N3O. The van der Waals surface area contributed by atoms with Crippen LogP contribution in [0.5, 0.6) is 0 Å². The molecule has 1 saturated carbocycles. The fraction of sp³-hybridized carbons (Fsp3) is 0.909. The molecule has 0 saturated heterocycles. The van der Waals surface area contributed by atoms with Gasteiger partial charge >= 0.3 is 0 Å². The van der Waals surface area contributed by atoms with E-state index in [9.17, 15) is 4.79 Å². The van der Waals surface area contributed by atoms with Crippen LogP contribution in [0.25, 0.3) is 0 Å². The van der Waals surface area contributed by atoms with Crippen molar-refractivity contribution in [1.82, 2.24) is 4.90 Å². The zero-order valence-corrected chi connectivity index (χ0v) is 9.61. The van der Waals surface area contributed by atoms with E-state index in [4.69, 9.17) is 11.5 Å². The van der Waals surface area contributed by atoms with Gasteiger partial charge in [0.15, 0.2) is 0 Å². The van der Waals surface area contributed by atoms with Gasteiger partial charge in [-0.2, -0.15) is 0 Å². The molecule has 0 heterocycles. The second kappa shape index (κ2) is 6.08. The molecule has 1 aliphatic rings. The third-order valence-electron chi connectivity index (χ3n) is 3.13. The van der Waals surface area contributed by atoms with E-state index in [1.807, 2.05) is 0 Å². The first kappa shape index (κ1) is 12.5. The van der Waals surface area contributed by atoms with Crippen molar-refractivity contribution in [3.8, 4) is 0 Å². The summed E-state index contributed by atoms with van der Waals surface area (Å²) in [6.07, 6.45) is 5.42. The first-order valence-corrected chi connectivity index (χ1v) is 5.91. The molecule has 0 spiro atoms. The van der Waals surface area contributed by atoms with Crippen LogP contribution in [0.4, 0.5) is 0 Å². The predicted octanol–water partition coefficient (Wildman–Crippen LogP) is 0.454. The SMILES string of the molecule is CCCN(CC(N)=O)C1CCC(N)CC1. The normalized spacial score (nSPS) is 26.9. The largest absolute Gasteiger partial charge is 0.369 e. The Morgan fingerprint density at radius 3 is 2.40 bits per heavy atom. The molecule has 0 atom stereocenters. The number of primary amides is 1. The molecule has 4 heteroatoms. The molecule has 0 radical (unpaired) electrons. The smallest absolute Gasteiger partial charge is 0.231 e. The molecule has 1 rings (SSSR count). The molecule has 4 nitrogen and oxygen atoms in total. The first-order chi connectivity index (χ1) is 7.13. The summed E-state index contributed by atoms with van der Waals surface area (Å²) in [5.74, 6) is -0.224. The van der Waals surface area contributed by atoms with Gasteiger partial charge in [-0.25, -0.2) is 0 Å². The molecule has 0 unspecified atom stereocenters. The Kier molecular flexibility index (Phi) is 5.05. The molecule has 0 aliphatic heterocycles. The van der Waals surface area contributed by atoms with Crippen LogP contribution < -0.4 is 11.5 Å². The van der Waals surface area contributed by atoms with Gasteiger partial charge < -0.3 is 11.5 Å². The number of amides is 1. The summed E-state index contributed by atoms with van der Waals surface area (Å²) in [5.41, 5.74) is 11.1. The van der Waals surface area contributed by atoms with Crippen LogP contribution in [0, 0.1) is 0 Å². The van der Waals surface area contributed by atoms with Gasteiger partial charge in [-0.3, -0.25) is 9.69 Å². The Labute approximate surface area is 92.0 Å². The van der Waals surface area contributed by atoms with E-state index in [-0.39, 0.29) is 5.91 Å². The summed E-state index contributed by atoms with van der Waals surface area (Å²) in [7, 11) is 0. The van der Waals surface area contributed by atoms with Crippen molar-refractivity contribution in [2.45, 2.75) is 51.1 Å². The van der Waals surface area contributed by atoms with Crippen LogP contribution in [-0.4, -0.2) is 36.0 Å². The molecule has 88 valence electrons. The summed E-state index contributed by atoms with van der Waals surface area (Å²) >= 11 is 0. The van der Waals surface area contributed by atoms with Crippen LogP contribution >= 0.6 is 0 Å². The van der Waals surface area contributed by atoms with Gasteiger partial charge in [0.05, 0.1) is 6.54 Å². The minimum Gasteiger partial charge on any atom is -0.369 e. The molecule has 15 heavy (non-hydrogen) atoms. The van der Waals surface area contributed by atoms with Crippen molar-refractivity contribution >= 4 is 5.91 Å². The third-order valence-corrected chi connectivity index (χ3v) is 3.13. The van der Waals surface area contributed by atoms with Crippen molar-refractivity contribution in [3.63, 3.8) is 0 Å². The highest BCUT2D eigenvalue weighted by atomic mass is 16.1. The Morgan fingerprint density at radius 2 is 1.93 bits per heavy atom. The summed E-state index contributed by atoms with van der Waals surface area (Å²) in [5, 5.41) is 0. The predicted molar refractivity (Wildman–Crippen MR) is 61.3 cm³/mol. The van der Waals surface area contributed by atoms with Gasteiger partial charge in [-0.15, -0.1) is 0 Å². The van der Waals surface area contributed by atoms with Crippen LogP contribution in [0.15, 0.2) is 0 Å². The van der Waals surface area contributed by atoms with E-state index >= 15 is 0 Å². The number of nitrogens with two attached hydrogens (primary N) is 2. The molecule has 4 N–H and O–H groups in total. The van der Waals surface area contributed by atoms with Gasteiger partial charge in [-0.1, -0.05) is 6.92 Å². The van der Waals surface area contributed by atoms with Gasteiger partial charge in [0.2, 0.25) is 5.91 Å². The molecule has 0 aromatic carbocycles. The monoisotopic (exact) mass is 213 g/mol. The second-order valence-corrected chi connectivity index (χ2v) is 4.51. The lowest BCUT2D eigenvalue weighted by molar-refractivity contribution is -0.119. The Bertz CT molecular complexity index is 200.